The summed E-state index contributed by atoms with van der Waals surface area (Å²) in [6.07, 6.45) is 0.920. The van der Waals surface area contributed by atoms with Crippen molar-refractivity contribution in [2.24, 2.45) is 0 Å². The molecular weight excluding hydrogens is 459 g/mol. The van der Waals surface area contributed by atoms with E-state index in [1.54, 1.807) is 0 Å². The van der Waals surface area contributed by atoms with Gasteiger partial charge in [0.2, 0.25) is 0 Å². The van der Waals surface area contributed by atoms with Gasteiger partial charge in [0.25, 0.3) is 5.91 Å². The van der Waals surface area contributed by atoms with E-state index in [4.69, 9.17) is 39.5 Å². The van der Waals surface area contributed by atoms with E-state index in [9.17, 15) is 4.79 Å². The lowest BCUT2D eigenvalue weighted by atomic mass is 10.3. The Labute approximate surface area is 187 Å². The number of piperazine rings is 1. The van der Waals surface area contributed by atoms with Crippen molar-refractivity contribution in [3.63, 3.8) is 0 Å². The van der Waals surface area contributed by atoms with E-state index < -0.39 is 0 Å². The summed E-state index contributed by atoms with van der Waals surface area (Å²) in [6, 6.07) is 3.00. The third kappa shape index (κ3) is 10.2. The normalized spacial score (nSPS) is 14.4. The quantitative estimate of drug-likeness (QED) is 0.476. The molecule has 1 aliphatic heterocycles. The summed E-state index contributed by atoms with van der Waals surface area (Å²) >= 11 is 17.8. The fraction of sp³-hybridized carbons (Fsp3) is 0.562. The maximum absolute atomic E-state index is 11.8. The van der Waals surface area contributed by atoms with Crippen molar-refractivity contribution < 1.29 is 15.0 Å². The molecule has 0 saturated carbocycles. The van der Waals surface area contributed by atoms with Crippen LogP contribution in [0.25, 0.3) is 0 Å². The van der Waals surface area contributed by atoms with E-state index in [1.165, 1.54) is 12.1 Å². The monoisotopic (exact) mass is 483 g/mol. The number of ether oxygens (including phenoxy) is 1. The van der Waals surface area contributed by atoms with E-state index in [1.807, 2.05) is 0 Å². The van der Waals surface area contributed by atoms with Crippen molar-refractivity contribution in [3.05, 3.63) is 27.2 Å². The average molecular weight is 486 g/mol. The molecule has 0 unspecified atom stereocenters. The maximum Gasteiger partial charge on any atom is 0.257 e. The number of nitrogens with zero attached hydrogens (tertiary/aromatic N) is 2. The third-order valence-corrected chi connectivity index (χ3v) is 4.92. The number of carbonyl (C=O) groups excluding carboxylic acids is 1. The summed E-state index contributed by atoms with van der Waals surface area (Å²) in [5.74, 6) is 0.161. The SMILES string of the molecule is CN1CCN(CCCNC(=O)COc2cc(Cl)c(Cl)cc2Cl)CC1.Cl.Cl.O. The van der Waals surface area contributed by atoms with Crippen LogP contribution in [0.5, 0.6) is 5.75 Å². The molecule has 0 aliphatic carbocycles. The van der Waals surface area contributed by atoms with Gasteiger partial charge in [0.1, 0.15) is 5.75 Å². The van der Waals surface area contributed by atoms with Gasteiger partial charge in [0.15, 0.2) is 6.61 Å². The van der Waals surface area contributed by atoms with Crippen LogP contribution in [-0.4, -0.2) is 74.1 Å². The molecule has 1 saturated heterocycles. The molecule has 1 amide bonds. The summed E-state index contributed by atoms with van der Waals surface area (Å²) in [5.41, 5.74) is 0. The van der Waals surface area contributed by atoms with Gasteiger partial charge in [-0.25, -0.2) is 0 Å². The number of benzene rings is 1. The van der Waals surface area contributed by atoms with Gasteiger partial charge in [-0.2, -0.15) is 0 Å². The smallest absolute Gasteiger partial charge is 0.257 e. The van der Waals surface area contributed by atoms with Crippen LogP contribution in [0.15, 0.2) is 12.1 Å². The van der Waals surface area contributed by atoms with Crippen LogP contribution in [0.4, 0.5) is 0 Å². The Morgan fingerprint density at radius 3 is 2.30 bits per heavy atom. The summed E-state index contributed by atoms with van der Waals surface area (Å²) in [4.78, 5) is 16.6. The zero-order valence-electron chi connectivity index (χ0n) is 15.0. The molecule has 27 heavy (non-hydrogen) atoms. The van der Waals surface area contributed by atoms with Crippen molar-refractivity contribution in [1.29, 1.82) is 0 Å². The molecule has 1 aliphatic rings. The largest absolute Gasteiger partial charge is 0.482 e. The first-order chi connectivity index (χ1) is 11.5. The number of likely N-dealkylation sites (N-methyl/N-ethyl adjacent to an activating group) is 1. The minimum Gasteiger partial charge on any atom is -0.482 e. The maximum atomic E-state index is 11.8. The molecular formula is C16H26Cl5N3O3. The molecule has 0 aromatic heterocycles. The first-order valence-electron chi connectivity index (χ1n) is 7.90. The topological polar surface area (TPSA) is 76.3 Å². The summed E-state index contributed by atoms with van der Waals surface area (Å²) in [5, 5.41) is 3.86. The standard InChI is InChI=1S/C16H22Cl3N3O2.2ClH.H2O/c1-21-5-7-22(8-6-21)4-2-3-20-16(23)11-24-15-10-13(18)12(17)9-14(15)19;;;/h9-10H,2-8,11H2,1H3,(H,20,23);2*1H;1H2. The van der Waals surface area contributed by atoms with Crippen molar-refractivity contribution in [3.8, 4) is 5.75 Å². The molecule has 2 rings (SSSR count). The Morgan fingerprint density at radius 1 is 1.07 bits per heavy atom. The number of hydrogen-bond acceptors (Lipinski definition) is 4. The van der Waals surface area contributed by atoms with E-state index >= 15 is 0 Å². The van der Waals surface area contributed by atoms with Crippen LogP contribution in [-0.2, 0) is 4.79 Å². The van der Waals surface area contributed by atoms with Crippen molar-refractivity contribution in [2.75, 3.05) is 52.9 Å². The Kier molecular flexibility index (Phi) is 15.9. The molecule has 1 fully saturated rings. The molecule has 158 valence electrons. The minimum atomic E-state index is -0.185. The minimum absolute atomic E-state index is 0. The van der Waals surface area contributed by atoms with E-state index in [0.29, 0.717) is 27.4 Å². The van der Waals surface area contributed by atoms with E-state index in [-0.39, 0.29) is 42.8 Å². The second-order valence-corrected chi connectivity index (χ2v) is 7.06. The number of hydrogen-bond donors (Lipinski definition) is 1. The lowest BCUT2D eigenvalue weighted by molar-refractivity contribution is -0.123. The van der Waals surface area contributed by atoms with Crippen LogP contribution in [0.2, 0.25) is 15.1 Å². The summed E-state index contributed by atoms with van der Waals surface area (Å²) in [7, 11) is 2.14. The Hall–Kier alpha value is -0.180. The van der Waals surface area contributed by atoms with Crippen LogP contribution in [0.3, 0.4) is 0 Å². The second kappa shape index (κ2) is 14.8. The zero-order valence-corrected chi connectivity index (χ0v) is 18.9. The van der Waals surface area contributed by atoms with Crippen molar-refractivity contribution in [1.82, 2.24) is 15.1 Å². The van der Waals surface area contributed by atoms with E-state index in [0.717, 1.165) is 39.1 Å². The van der Waals surface area contributed by atoms with Gasteiger partial charge in [0.05, 0.1) is 15.1 Å². The lowest BCUT2D eigenvalue weighted by Gasteiger charge is -2.32. The highest BCUT2D eigenvalue weighted by molar-refractivity contribution is 6.43. The van der Waals surface area contributed by atoms with Crippen LogP contribution in [0.1, 0.15) is 6.42 Å². The fourth-order valence-electron chi connectivity index (χ4n) is 2.41. The number of rotatable bonds is 7. The Bertz CT molecular complexity index is 572. The molecule has 1 aromatic rings. The van der Waals surface area contributed by atoms with Gasteiger partial charge < -0.3 is 25.3 Å². The fourth-order valence-corrected chi connectivity index (χ4v) is 3.00. The van der Waals surface area contributed by atoms with Gasteiger partial charge in [-0.15, -0.1) is 24.8 Å². The van der Waals surface area contributed by atoms with Crippen LogP contribution >= 0.6 is 59.6 Å². The first-order valence-corrected chi connectivity index (χ1v) is 9.04. The van der Waals surface area contributed by atoms with E-state index in [2.05, 4.69) is 22.2 Å². The highest BCUT2D eigenvalue weighted by Gasteiger charge is 2.13. The summed E-state index contributed by atoms with van der Waals surface area (Å²) in [6.45, 7) is 5.89. The molecule has 0 atom stereocenters. The predicted octanol–water partition coefficient (Wildman–Crippen LogP) is 2.80. The van der Waals surface area contributed by atoms with Gasteiger partial charge in [-0.1, -0.05) is 34.8 Å². The van der Waals surface area contributed by atoms with Gasteiger partial charge in [-0.3, -0.25) is 4.79 Å². The Morgan fingerprint density at radius 2 is 1.67 bits per heavy atom. The molecule has 0 spiro atoms. The highest BCUT2D eigenvalue weighted by atomic mass is 35.5. The van der Waals surface area contributed by atoms with Gasteiger partial charge in [0, 0.05) is 38.8 Å². The number of nitrogens with one attached hydrogen (secondary N) is 1. The number of carbonyl (C=O) groups is 1. The molecule has 0 radical (unpaired) electrons. The number of amides is 1. The molecule has 0 bridgehead atoms. The zero-order chi connectivity index (χ0) is 17.5. The molecule has 11 heteroatoms. The third-order valence-electron chi connectivity index (χ3n) is 3.90. The van der Waals surface area contributed by atoms with Crippen molar-refractivity contribution in [2.45, 2.75) is 6.42 Å². The average Bonchev–Trinajstić information content (AvgIpc) is 2.55. The lowest BCUT2D eigenvalue weighted by Crippen LogP contribution is -2.45. The van der Waals surface area contributed by atoms with Gasteiger partial charge >= 0.3 is 0 Å². The van der Waals surface area contributed by atoms with Crippen LogP contribution in [0, 0.1) is 0 Å². The second-order valence-electron chi connectivity index (χ2n) is 5.83. The Balaban J connectivity index is 0. The van der Waals surface area contributed by atoms with Gasteiger partial charge in [-0.05, 0) is 26.1 Å². The molecule has 6 nitrogen and oxygen atoms in total. The highest BCUT2D eigenvalue weighted by Crippen LogP contribution is 2.33. The molecule has 1 heterocycles. The van der Waals surface area contributed by atoms with Crippen LogP contribution < -0.4 is 10.1 Å². The molecule has 1 aromatic carbocycles. The van der Waals surface area contributed by atoms with Crippen molar-refractivity contribution >= 4 is 65.5 Å². The number of halogens is 5. The first kappa shape index (κ1) is 29.0. The summed E-state index contributed by atoms with van der Waals surface area (Å²) < 4.78 is 5.39. The molecule has 3 N–H and O–H groups in total. The predicted molar refractivity (Wildman–Crippen MR) is 117 cm³/mol.